The molecule has 3 rings (SSSR count). The maximum absolute atomic E-state index is 12.7. The molecule has 0 unspecified atom stereocenters. The molecule has 0 saturated heterocycles. The Balaban J connectivity index is 1.65. The minimum Gasteiger partial charge on any atom is -0.497 e. The number of rotatable bonds is 8. The lowest BCUT2D eigenvalue weighted by molar-refractivity contribution is -0.122. The number of carbonyl (C=O) groups excluding carboxylic acids is 1. The standard InChI is InChI=1S/C24H26N2O5S/c1-16-8-9-17(2)23(14-16)26-32(28,29)22-12-10-19(11-13-22)25-24(27)18(3)31-21-7-5-6-20(15-21)30-4/h5-15,18,26H,1-4H3,(H,25,27)/t18-/m0/s1. The highest BCUT2D eigenvalue weighted by molar-refractivity contribution is 7.92. The molecule has 0 aromatic heterocycles. The Kier molecular flexibility index (Phi) is 7.05. The molecule has 8 heteroatoms. The smallest absolute Gasteiger partial charge is 0.265 e. The van der Waals surface area contributed by atoms with Crippen molar-refractivity contribution in [3.05, 3.63) is 77.9 Å². The van der Waals surface area contributed by atoms with Gasteiger partial charge in [0.25, 0.3) is 15.9 Å². The number of sulfonamides is 1. The van der Waals surface area contributed by atoms with Crippen molar-refractivity contribution in [1.82, 2.24) is 0 Å². The van der Waals surface area contributed by atoms with Gasteiger partial charge in [0.05, 0.1) is 17.7 Å². The Labute approximate surface area is 188 Å². The van der Waals surface area contributed by atoms with Gasteiger partial charge in [0.1, 0.15) is 11.5 Å². The third kappa shape index (κ3) is 5.79. The Morgan fingerprint density at radius 1 is 0.938 bits per heavy atom. The molecule has 3 aromatic carbocycles. The molecule has 7 nitrogen and oxygen atoms in total. The Morgan fingerprint density at radius 2 is 1.62 bits per heavy atom. The van der Waals surface area contributed by atoms with Crippen LogP contribution in [0.5, 0.6) is 11.5 Å². The van der Waals surface area contributed by atoms with Gasteiger partial charge >= 0.3 is 0 Å². The molecule has 0 fully saturated rings. The molecule has 2 N–H and O–H groups in total. The molecule has 0 aliphatic carbocycles. The summed E-state index contributed by atoms with van der Waals surface area (Å²) in [6.07, 6.45) is -0.767. The van der Waals surface area contributed by atoms with Crippen molar-refractivity contribution in [2.75, 3.05) is 17.1 Å². The summed E-state index contributed by atoms with van der Waals surface area (Å²) in [5, 5.41) is 2.73. The van der Waals surface area contributed by atoms with E-state index in [1.165, 1.54) is 24.3 Å². The highest BCUT2D eigenvalue weighted by Crippen LogP contribution is 2.23. The fraction of sp³-hybridized carbons (Fsp3) is 0.208. The first kappa shape index (κ1) is 23.1. The van der Waals surface area contributed by atoms with Crippen LogP contribution < -0.4 is 19.5 Å². The number of benzene rings is 3. The second kappa shape index (κ2) is 9.74. The first-order valence-corrected chi connectivity index (χ1v) is 11.5. The van der Waals surface area contributed by atoms with E-state index in [1.54, 1.807) is 44.4 Å². The molecule has 1 atom stereocenters. The van der Waals surface area contributed by atoms with E-state index in [-0.39, 0.29) is 10.8 Å². The normalized spacial score (nSPS) is 12.0. The summed E-state index contributed by atoms with van der Waals surface area (Å²) in [5.74, 6) is 0.768. The number of nitrogens with one attached hydrogen (secondary N) is 2. The van der Waals surface area contributed by atoms with Gasteiger partial charge < -0.3 is 14.8 Å². The van der Waals surface area contributed by atoms with Gasteiger partial charge in [0, 0.05) is 11.8 Å². The van der Waals surface area contributed by atoms with Gasteiger partial charge in [-0.15, -0.1) is 0 Å². The number of carbonyl (C=O) groups is 1. The van der Waals surface area contributed by atoms with Crippen LogP contribution in [0.1, 0.15) is 18.1 Å². The summed E-state index contributed by atoms with van der Waals surface area (Å²) in [4.78, 5) is 12.6. The van der Waals surface area contributed by atoms with E-state index in [1.807, 2.05) is 26.0 Å². The molecular formula is C24H26N2O5S. The Hall–Kier alpha value is -3.52. The summed E-state index contributed by atoms with van der Waals surface area (Å²) in [5.41, 5.74) is 2.78. The number of ether oxygens (including phenoxy) is 2. The van der Waals surface area contributed by atoms with E-state index in [0.717, 1.165) is 11.1 Å². The first-order valence-electron chi connectivity index (χ1n) is 9.99. The van der Waals surface area contributed by atoms with Crippen LogP contribution >= 0.6 is 0 Å². The van der Waals surface area contributed by atoms with Crippen LogP contribution in [0, 0.1) is 13.8 Å². The van der Waals surface area contributed by atoms with Crippen molar-refractivity contribution < 1.29 is 22.7 Å². The van der Waals surface area contributed by atoms with Crippen molar-refractivity contribution in [2.45, 2.75) is 31.8 Å². The second-order valence-corrected chi connectivity index (χ2v) is 9.06. The fourth-order valence-electron chi connectivity index (χ4n) is 2.94. The SMILES string of the molecule is COc1cccc(O[C@@H](C)C(=O)Nc2ccc(S(=O)(=O)Nc3cc(C)ccc3C)cc2)c1. The van der Waals surface area contributed by atoms with Crippen LogP contribution in [0.3, 0.4) is 0 Å². The number of hydrogen-bond acceptors (Lipinski definition) is 5. The molecule has 0 aliphatic rings. The first-order chi connectivity index (χ1) is 15.2. The zero-order valence-corrected chi connectivity index (χ0v) is 19.2. The van der Waals surface area contributed by atoms with E-state index in [4.69, 9.17) is 9.47 Å². The number of methoxy groups -OCH3 is 1. The van der Waals surface area contributed by atoms with E-state index in [0.29, 0.717) is 22.9 Å². The molecule has 32 heavy (non-hydrogen) atoms. The number of amides is 1. The summed E-state index contributed by atoms with van der Waals surface area (Å²) in [6, 6.07) is 18.5. The van der Waals surface area contributed by atoms with E-state index in [2.05, 4.69) is 10.0 Å². The molecule has 1 amide bonds. The summed E-state index contributed by atoms with van der Waals surface area (Å²) in [7, 11) is -2.21. The lowest BCUT2D eigenvalue weighted by atomic mass is 10.1. The van der Waals surface area contributed by atoms with Crippen LogP contribution in [-0.2, 0) is 14.8 Å². The minimum atomic E-state index is -3.76. The van der Waals surface area contributed by atoms with Gasteiger partial charge in [-0.3, -0.25) is 9.52 Å². The molecule has 0 radical (unpaired) electrons. The van der Waals surface area contributed by atoms with Crippen LogP contribution in [-0.4, -0.2) is 27.5 Å². The molecule has 0 aliphatic heterocycles. The molecule has 0 saturated carbocycles. The highest BCUT2D eigenvalue weighted by Gasteiger charge is 2.18. The molecule has 168 valence electrons. The zero-order valence-electron chi connectivity index (χ0n) is 18.4. The lowest BCUT2D eigenvalue weighted by Gasteiger charge is -2.16. The van der Waals surface area contributed by atoms with Gasteiger partial charge in [0.2, 0.25) is 0 Å². The van der Waals surface area contributed by atoms with Gasteiger partial charge in [-0.25, -0.2) is 8.42 Å². The highest BCUT2D eigenvalue weighted by atomic mass is 32.2. The summed E-state index contributed by atoms with van der Waals surface area (Å²) in [6.45, 7) is 5.36. The average molecular weight is 455 g/mol. The molecule has 0 bridgehead atoms. The number of hydrogen-bond donors (Lipinski definition) is 2. The van der Waals surface area contributed by atoms with Crippen molar-refractivity contribution >= 4 is 27.3 Å². The van der Waals surface area contributed by atoms with Gasteiger partial charge in [-0.2, -0.15) is 0 Å². The van der Waals surface area contributed by atoms with Crippen LogP contribution in [0.25, 0.3) is 0 Å². The van der Waals surface area contributed by atoms with Gasteiger partial charge in [-0.05, 0) is 74.4 Å². The predicted octanol–water partition coefficient (Wildman–Crippen LogP) is 4.52. The van der Waals surface area contributed by atoms with Crippen molar-refractivity contribution in [1.29, 1.82) is 0 Å². The molecular weight excluding hydrogens is 428 g/mol. The van der Waals surface area contributed by atoms with E-state index < -0.39 is 16.1 Å². The van der Waals surface area contributed by atoms with Crippen molar-refractivity contribution in [2.24, 2.45) is 0 Å². The lowest BCUT2D eigenvalue weighted by Crippen LogP contribution is -2.30. The van der Waals surface area contributed by atoms with E-state index in [9.17, 15) is 13.2 Å². The van der Waals surface area contributed by atoms with Crippen LogP contribution in [0.2, 0.25) is 0 Å². The quantitative estimate of drug-likeness (QED) is 0.522. The average Bonchev–Trinajstić information content (AvgIpc) is 2.76. The molecule has 0 heterocycles. The maximum Gasteiger partial charge on any atom is 0.265 e. The third-order valence-corrected chi connectivity index (χ3v) is 6.17. The maximum atomic E-state index is 12.7. The van der Waals surface area contributed by atoms with Gasteiger partial charge in [-0.1, -0.05) is 18.2 Å². The fourth-order valence-corrected chi connectivity index (χ4v) is 4.06. The Bertz CT molecular complexity index is 1210. The largest absolute Gasteiger partial charge is 0.497 e. The number of anilines is 2. The second-order valence-electron chi connectivity index (χ2n) is 7.38. The Morgan fingerprint density at radius 3 is 2.31 bits per heavy atom. The minimum absolute atomic E-state index is 0.0945. The summed E-state index contributed by atoms with van der Waals surface area (Å²) < 4.78 is 38.9. The summed E-state index contributed by atoms with van der Waals surface area (Å²) >= 11 is 0. The van der Waals surface area contributed by atoms with Crippen LogP contribution in [0.15, 0.2) is 71.6 Å². The zero-order chi connectivity index (χ0) is 23.3. The molecule has 3 aromatic rings. The third-order valence-electron chi connectivity index (χ3n) is 4.79. The van der Waals surface area contributed by atoms with Crippen LogP contribution in [0.4, 0.5) is 11.4 Å². The predicted molar refractivity (Wildman–Crippen MR) is 125 cm³/mol. The van der Waals surface area contributed by atoms with Crippen molar-refractivity contribution in [3.8, 4) is 11.5 Å². The van der Waals surface area contributed by atoms with Crippen molar-refractivity contribution in [3.63, 3.8) is 0 Å². The van der Waals surface area contributed by atoms with Gasteiger partial charge in [0.15, 0.2) is 6.10 Å². The van der Waals surface area contributed by atoms with E-state index >= 15 is 0 Å². The number of aryl methyl sites for hydroxylation is 2. The monoisotopic (exact) mass is 454 g/mol. The molecule has 0 spiro atoms. The topological polar surface area (TPSA) is 93.7 Å².